The maximum atomic E-state index is 12.5. The van der Waals surface area contributed by atoms with E-state index in [1.165, 1.54) is 21.0 Å². The van der Waals surface area contributed by atoms with Gasteiger partial charge in [0, 0.05) is 11.5 Å². The van der Waals surface area contributed by atoms with Crippen molar-refractivity contribution in [2.24, 2.45) is 17.3 Å². The molecular weight excluding hydrogens is 278 g/mol. The van der Waals surface area contributed by atoms with Crippen LogP contribution in [0.4, 0.5) is 0 Å². The number of ketones is 3. The molecule has 7 nitrogen and oxygen atoms in total. The van der Waals surface area contributed by atoms with Gasteiger partial charge in [0.05, 0.1) is 19.1 Å². The minimum absolute atomic E-state index is 0.130. The zero-order valence-corrected chi connectivity index (χ0v) is 12.8. The maximum absolute atomic E-state index is 12.5. The fraction of sp³-hybridized carbons (Fsp3) is 0.643. The molecule has 0 radical (unpaired) electrons. The predicted octanol–water partition coefficient (Wildman–Crippen LogP) is 0.987. The minimum atomic E-state index is -1.42. The monoisotopic (exact) mass is 299 g/mol. The van der Waals surface area contributed by atoms with Crippen molar-refractivity contribution < 1.29 is 29.5 Å². The second-order valence-electron chi connectivity index (χ2n) is 5.80. The molecule has 0 bridgehead atoms. The number of hydrogen-bond donors (Lipinski definition) is 2. The Balaban J connectivity index is 3.22. The summed E-state index contributed by atoms with van der Waals surface area (Å²) < 4.78 is 5.15. The average Bonchev–Trinajstić information content (AvgIpc) is 2.36. The van der Waals surface area contributed by atoms with Crippen LogP contribution in [0.3, 0.4) is 0 Å². The normalized spacial score (nSPS) is 23.5. The van der Waals surface area contributed by atoms with Crippen LogP contribution in [0.15, 0.2) is 11.3 Å². The van der Waals surface area contributed by atoms with Gasteiger partial charge in [-0.3, -0.25) is 24.8 Å². The third-order valence-corrected chi connectivity index (χ3v) is 3.83. The molecule has 2 N–H and O–H groups in total. The Morgan fingerprint density at radius 2 is 1.90 bits per heavy atom. The number of nitrogens with zero attached hydrogens (tertiary/aromatic N) is 1. The Hall–Kier alpha value is -1.57. The number of carbonyl (C=O) groups excluding carboxylic acids is 3. The summed E-state index contributed by atoms with van der Waals surface area (Å²) in [6, 6.07) is 0. The van der Waals surface area contributed by atoms with Crippen LogP contribution in [0, 0.1) is 17.3 Å². The van der Waals surface area contributed by atoms with E-state index < -0.39 is 34.6 Å². The summed E-state index contributed by atoms with van der Waals surface area (Å²) in [5, 5.41) is 17.4. The van der Waals surface area contributed by atoms with Crippen molar-refractivity contribution in [1.29, 1.82) is 0 Å². The lowest BCUT2D eigenvalue weighted by molar-refractivity contribution is -0.310. The molecule has 118 valence electrons. The van der Waals surface area contributed by atoms with Crippen LogP contribution in [0.2, 0.25) is 0 Å². The van der Waals surface area contributed by atoms with E-state index in [2.05, 4.69) is 0 Å². The summed E-state index contributed by atoms with van der Waals surface area (Å²) in [6.07, 6.45) is 0. The SMILES string of the molecule is COC1=C(C)C(=O)C(C(=O)C(C)CN(O)O)C(=O)C1(C)C. The second-order valence-corrected chi connectivity index (χ2v) is 5.80. The van der Waals surface area contributed by atoms with Gasteiger partial charge in [0.15, 0.2) is 17.3 Å². The number of hydroxylamine groups is 2. The van der Waals surface area contributed by atoms with Gasteiger partial charge in [0.1, 0.15) is 11.7 Å². The summed E-state index contributed by atoms with van der Waals surface area (Å²) >= 11 is 0. The van der Waals surface area contributed by atoms with Crippen molar-refractivity contribution in [2.75, 3.05) is 13.7 Å². The molecule has 0 spiro atoms. The highest BCUT2D eigenvalue weighted by molar-refractivity contribution is 6.27. The summed E-state index contributed by atoms with van der Waals surface area (Å²) in [7, 11) is 1.38. The summed E-state index contributed by atoms with van der Waals surface area (Å²) in [5.74, 6) is -3.77. The van der Waals surface area contributed by atoms with Gasteiger partial charge >= 0.3 is 0 Å². The number of methoxy groups -OCH3 is 1. The van der Waals surface area contributed by atoms with Crippen LogP contribution in [-0.4, -0.2) is 46.6 Å². The first-order chi connectivity index (χ1) is 9.55. The van der Waals surface area contributed by atoms with E-state index >= 15 is 0 Å². The third kappa shape index (κ3) is 3.04. The molecule has 1 rings (SSSR count). The molecule has 0 fully saturated rings. The summed E-state index contributed by atoms with van der Waals surface area (Å²) in [6.45, 7) is 5.76. The van der Waals surface area contributed by atoms with Gasteiger partial charge in [-0.2, -0.15) is 0 Å². The summed E-state index contributed by atoms with van der Waals surface area (Å²) in [5.41, 5.74) is -0.831. The lowest BCUT2D eigenvalue weighted by Crippen LogP contribution is -2.48. The van der Waals surface area contributed by atoms with Crippen molar-refractivity contribution >= 4 is 17.3 Å². The standard InChI is InChI=1S/C14H21NO6/c1-7(6-15(19)20)10(16)9-11(17)8(2)13(21-5)14(3,4)12(9)18/h7,9,19-20H,6H2,1-5H3. The molecule has 21 heavy (non-hydrogen) atoms. The smallest absolute Gasteiger partial charge is 0.179 e. The zero-order chi connectivity index (χ0) is 16.5. The highest BCUT2D eigenvalue weighted by atomic mass is 16.8. The van der Waals surface area contributed by atoms with Crippen molar-refractivity contribution in [2.45, 2.75) is 27.7 Å². The Morgan fingerprint density at radius 3 is 2.33 bits per heavy atom. The first kappa shape index (κ1) is 17.5. The third-order valence-electron chi connectivity index (χ3n) is 3.83. The largest absolute Gasteiger partial charge is 0.500 e. The molecular formula is C14H21NO6. The van der Waals surface area contributed by atoms with Crippen molar-refractivity contribution in [3.05, 3.63) is 11.3 Å². The highest BCUT2D eigenvalue weighted by Crippen LogP contribution is 2.39. The lowest BCUT2D eigenvalue weighted by Gasteiger charge is -2.35. The Morgan fingerprint density at radius 1 is 1.38 bits per heavy atom. The van der Waals surface area contributed by atoms with Crippen LogP contribution in [0.25, 0.3) is 0 Å². The zero-order valence-electron chi connectivity index (χ0n) is 12.8. The molecule has 1 aliphatic rings. The number of allylic oxidation sites excluding steroid dienone is 2. The first-order valence-corrected chi connectivity index (χ1v) is 6.58. The van der Waals surface area contributed by atoms with E-state index in [9.17, 15) is 14.4 Å². The molecule has 2 atom stereocenters. The molecule has 0 aromatic rings. The van der Waals surface area contributed by atoms with E-state index in [1.807, 2.05) is 0 Å². The molecule has 2 unspecified atom stereocenters. The maximum Gasteiger partial charge on any atom is 0.179 e. The van der Waals surface area contributed by atoms with Gasteiger partial charge < -0.3 is 4.74 Å². The Kier molecular flexibility index (Phi) is 5.03. The molecule has 1 aliphatic carbocycles. The van der Waals surface area contributed by atoms with E-state index in [1.54, 1.807) is 13.8 Å². The van der Waals surface area contributed by atoms with Gasteiger partial charge in [-0.05, 0) is 20.8 Å². The van der Waals surface area contributed by atoms with Crippen molar-refractivity contribution in [1.82, 2.24) is 5.23 Å². The number of hydrogen-bond acceptors (Lipinski definition) is 7. The van der Waals surface area contributed by atoms with Crippen LogP contribution in [-0.2, 0) is 19.1 Å². The fourth-order valence-corrected chi connectivity index (χ4v) is 2.68. The van der Waals surface area contributed by atoms with Gasteiger partial charge in [0.25, 0.3) is 0 Å². The number of ether oxygens (including phenoxy) is 1. The van der Waals surface area contributed by atoms with Crippen LogP contribution in [0.5, 0.6) is 0 Å². The average molecular weight is 299 g/mol. The molecule has 0 aromatic carbocycles. The molecule has 0 heterocycles. The molecule has 0 aliphatic heterocycles. The topological polar surface area (TPSA) is 104 Å². The predicted molar refractivity (Wildman–Crippen MR) is 71.4 cm³/mol. The Bertz CT molecular complexity index is 506. The van der Waals surface area contributed by atoms with Gasteiger partial charge in [-0.1, -0.05) is 12.2 Å². The van der Waals surface area contributed by atoms with Crippen LogP contribution in [0.1, 0.15) is 27.7 Å². The van der Waals surface area contributed by atoms with Gasteiger partial charge in [0.2, 0.25) is 0 Å². The number of carbonyl (C=O) groups is 3. The first-order valence-electron chi connectivity index (χ1n) is 6.58. The van der Waals surface area contributed by atoms with Crippen molar-refractivity contribution in [3.8, 4) is 0 Å². The number of Topliss-reactive ketones (excluding diaryl/α,β-unsaturated/α-hetero) is 3. The minimum Gasteiger partial charge on any atom is -0.500 e. The van der Waals surface area contributed by atoms with E-state index in [4.69, 9.17) is 15.2 Å². The van der Waals surface area contributed by atoms with E-state index in [-0.39, 0.29) is 23.1 Å². The Labute approximate surface area is 123 Å². The van der Waals surface area contributed by atoms with E-state index in [0.717, 1.165) is 0 Å². The van der Waals surface area contributed by atoms with Crippen LogP contribution >= 0.6 is 0 Å². The molecule has 0 aromatic heterocycles. The van der Waals surface area contributed by atoms with Crippen molar-refractivity contribution in [3.63, 3.8) is 0 Å². The lowest BCUT2D eigenvalue weighted by atomic mass is 9.68. The van der Waals surface area contributed by atoms with Gasteiger partial charge in [-0.15, -0.1) is 0 Å². The quantitative estimate of drug-likeness (QED) is 0.576. The highest BCUT2D eigenvalue weighted by Gasteiger charge is 2.51. The molecule has 0 saturated carbocycles. The number of rotatable bonds is 5. The van der Waals surface area contributed by atoms with E-state index in [0.29, 0.717) is 0 Å². The van der Waals surface area contributed by atoms with Gasteiger partial charge in [-0.25, -0.2) is 0 Å². The second kappa shape index (κ2) is 6.05. The summed E-state index contributed by atoms with van der Waals surface area (Å²) in [4.78, 5) is 37.1. The molecule has 7 heteroatoms. The molecule has 0 saturated heterocycles. The van der Waals surface area contributed by atoms with Crippen LogP contribution < -0.4 is 0 Å². The molecule has 0 amide bonds. The fourth-order valence-electron chi connectivity index (χ4n) is 2.68.